The van der Waals surface area contributed by atoms with Gasteiger partial charge < -0.3 is 10.2 Å². The third kappa shape index (κ3) is 5.41. The van der Waals surface area contributed by atoms with Crippen LogP contribution < -0.4 is 5.32 Å². The zero-order valence-corrected chi connectivity index (χ0v) is 13.7. The normalized spacial score (nSPS) is 12.4. The highest BCUT2D eigenvalue weighted by Crippen LogP contribution is 2.15. The van der Waals surface area contributed by atoms with Crippen LogP contribution in [0.5, 0.6) is 0 Å². The smallest absolute Gasteiger partial charge is 0.0406 e. The van der Waals surface area contributed by atoms with Crippen LogP contribution in [0.25, 0.3) is 0 Å². The molecule has 0 radical (unpaired) electrons. The number of hydrogen-bond acceptors (Lipinski definition) is 2. The summed E-state index contributed by atoms with van der Waals surface area (Å²) in [5.41, 5.74) is 3.79. The fraction of sp³-hybridized carbons (Fsp3) is 0.333. The number of rotatable bonds is 6. The molecule has 0 fully saturated rings. The molecule has 3 heteroatoms. The number of halogens is 1. The molecule has 1 N–H and O–H groups in total. The van der Waals surface area contributed by atoms with Gasteiger partial charge >= 0.3 is 0 Å². The molecule has 2 rings (SSSR count). The molecule has 21 heavy (non-hydrogen) atoms. The first-order valence-electron chi connectivity index (χ1n) is 7.27. The maximum Gasteiger partial charge on any atom is 0.0406 e. The van der Waals surface area contributed by atoms with Crippen molar-refractivity contribution in [2.24, 2.45) is 0 Å². The van der Waals surface area contributed by atoms with Crippen molar-refractivity contribution in [3.63, 3.8) is 0 Å². The van der Waals surface area contributed by atoms with Crippen LogP contribution in [-0.2, 0) is 13.0 Å². The van der Waals surface area contributed by atoms with Gasteiger partial charge in [-0.3, -0.25) is 0 Å². The van der Waals surface area contributed by atoms with Gasteiger partial charge in [-0.1, -0.05) is 35.9 Å². The number of hydrogen-bond donors (Lipinski definition) is 1. The van der Waals surface area contributed by atoms with Crippen molar-refractivity contribution in [3.05, 3.63) is 64.7 Å². The average Bonchev–Trinajstić information content (AvgIpc) is 2.43. The van der Waals surface area contributed by atoms with E-state index in [1.54, 1.807) is 0 Å². The van der Waals surface area contributed by atoms with Crippen molar-refractivity contribution in [2.75, 3.05) is 19.4 Å². The molecule has 1 atom stereocenters. The van der Waals surface area contributed by atoms with Gasteiger partial charge in [0.15, 0.2) is 0 Å². The van der Waals surface area contributed by atoms with Gasteiger partial charge in [0.2, 0.25) is 0 Å². The summed E-state index contributed by atoms with van der Waals surface area (Å²) in [7, 11) is 4.17. The number of anilines is 1. The Morgan fingerprint density at radius 2 is 1.52 bits per heavy atom. The minimum absolute atomic E-state index is 0.380. The Balaban J connectivity index is 1.90. The van der Waals surface area contributed by atoms with Gasteiger partial charge in [-0.15, -0.1) is 0 Å². The van der Waals surface area contributed by atoms with Crippen LogP contribution in [-0.4, -0.2) is 25.0 Å². The van der Waals surface area contributed by atoms with Crippen LogP contribution in [0.15, 0.2) is 48.5 Å². The Bertz CT molecular complexity index is 546. The molecule has 0 aromatic heterocycles. The number of nitrogens with zero attached hydrogens (tertiary/aromatic N) is 1. The van der Waals surface area contributed by atoms with Gasteiger partial charge in [0, 0.05) is 23.3 Å². The molecule has 0 saturated heterocycles. The summed E-state index contributed by atoms with van der Waals surface area (Å²) < 4.78 is 0. The molecule has 1 unspecified atom stereocenters. The zero-order chi connectivity index (χ0) is 15.2. The molecule has 0 aliphatic heterocycles. The third-order valence-electron chi connectivity index (χ3n) is 3.32. The van der Waals surface area contributed by atoms with E-state index in [2.05, 4.69) is 67.6 Å². The molecule has 0 amide bonds. The number of nitrogens with one attached hydrogen (secondary N) is 1. The van der Waals surface area contributed by atoms with E-state index in [-0.39, 0.29) is 0 Å². The molecular weight excluding hydrogens is 280 g/mol. The van der Waals surface area contributed by atoms with Crippen molar-refractivity contribution < 1.29 is 0 Å². The molecule has 2 aromatic carbocycles. The maximum atomic E-state index is 5.91. The molecule has 2 nitrogen and oxygen atoms in total. The largest absolute Gasteiger partial charge is 0.382 e. The highest BCUT2D eigenvalue weighted by molar-refractivity contribution is 6.30. The Kier molecular flexibility index (Phi) is 5.66. The lowest BCUT2D eigenvalue weighted by Gasteiger charge is -2.16. The zero-order valence-electron chi connectivity index (χ0n) is 12.9. The van der Waals surface area contributed by atoms with Crippen LogP contribution in [0.4, 0.5) is 5.69 Å². The van der Waals surface area contributed by atoms with Crippen molar-refractivity contribution in [2.45, 2.75) is 25.9 Å². The first kappa shape index (κ1) is 15.9. The van der Waals surface area contributed by atoms with Gasteiger partial charge in [0.25, 0.3) is 0 Å². The molecule has 0 saturated carbocycles. The lowest BCUT2D eigenvalue weighted by atomic mass is 10.1. The van der Waals surface area contributed by atoms with E-state index >= 15 is 0 Å². The van der Waals surface area contributed by atoms with Gasteiger partial charge in [0.05, 0.1) is 0 Å². The van der Waals surface area contributed by atoms with E-state index in [0.717, 1.165) is 18.0 Å². The second kappa shape index (κ2) is 7.48. The summed E-state index contributed by atoms with van der Waals surface area (Å²) in [5, 5.41) is 4.33. The Morgan fingerprint density at radius 3 is 2.10 bits per heavy atom. The van der Waals surface area contributed by atoms with E-state index in [0.29, 0.717) is 6.04 Å². The van der Waals surface area contributed by atoms with Crippen LogP contribution in [0.2, 0.25) is 5.02 Å². The van der Waals surface area contributed by atoms with Gasteiger partial charge in [-0.05, 0) is 62.8 Å². The lowest BCUT2D eigenvalue weighted by molar-refractivity contribution is 0.402. The summed E-state index contributed by atoms with van der Waals surface area (Å²) in [6.07, 6.45) is 0.983. The van der Waals surface area contributed by atoms with Crippen molar-refractivity contribution in [1.82, 2.24) is 4.90 Å². The van der Waals surface area contributed by atoms with E-state index < -0.39 is 0 Å². The van der Waals surface area contributed by atoms with E-state index in [9.17, 15) is 0 Å². The summed E-state index contributed by atoms with van der Waals surface area (Å²) in [6.45, 7) is 3.17. The van der Waals surface area contributed by atoms with Gasteiger partial charge in [-0.2, -0.15) is 0 Å². The second-order valence-corrected chi connectivity index (χ2v) is 6.25. The van der Waals surface area contributed by atoms with Crippen LogP contribution >= 0.6 is 11.6 Å². The highest BCUT2D eigenvalue weighted by Gasteiger charge is 2.04. The molecule has 0 aliphatic carbocycles. The second-order valence-electron chi connectivity index (χ2n) is 5.81. The molecule has 0 bridgehead atoms. The van der Waals surface area contributed by atoms with Crippen molar-refractivity contribution in [1.29, 1.82) is 0 Å². The average molecular weight is 303 g/mol. The predicted octanol–water partition coefficient (Wildman–Crippen LogP) is 4.44. The minimum Gasteiger partial charge on any atom is -0.382 e. The first-order chi connectivity index (χ1) is 10.0. The summed E-state index contributed by atoms with van der Waals surface area (Å²) in [4.78, 5) is 2.17. The Morgan fingerprint density at radius 1 is 0.952 bits per heavy atom. The Hall–Kier alpha value is -1.51. The third-order valence-corrected chi connectivity index (χ3v) is 3.57. The standard InChI is InChI=1S/C18H23ClN2/c1-14(12-15-4-8-17(19)9-5-15)20-18-10-6-16(7-11-18)13-21(2)3/h4-11,14,20H,12-13H2,1-3H3. The lowest BCUT2D eigenvalue weighted by Crippen LogP contribution is -2.18. The van der Waals surface area contributed by atoms with Gasteiger partial charge in [-0.25, -0.2) is 0 Å². The molecular formula is C18H23ClN2. The molecule has 0 spiro atoms. The van der Waals surface area contributed by atoms with Crippen molar-refractivity contribution >= 4 is 17.3 Å². The summed E-state index contributed by atoms with van der Waals surface area (Å²) >= 11 is 5.91. The fourth-order valence-electron chi connectivity index (χ4n) is 2.38. The monoisotopic (exact) mass is 302 g/mol. The minimum atomic E-state index is 0.380. The van der Waals surface area contributed by atoms with Crippen LogP contribution in [0.3, 0.4) is 0 Å². The molecule has 2 aromatic rings. The SMILES string of the molecule is CC(Cc1ccc(Cl)cc1)Nc1ccc(CN(C)C)cc1. The highest BCUT2D eigenvalue weighted by atomic mass is 35.5. The predicted molar refractivity (Wildman–Crippen MR) is 92.1 cm³/mol. The Labute approximate surface area is 132 Å². The van der Waals surface area contributed by atoms with Crippen LogP contribution in [0, 0.1) is 0 Å². The van der Waals surface area contributed by atoms with Gasteiger partial charge in [0.1, 0.15) is 0 Å². The topological polar surface area (TPSA) is 15.3 Å². The maximum absolute atomic E-state index is 5.91. The van der Waals surface area contributed by atoms with E-state index in [4.69, 9.17) is 11.6 Å². The van der Waals surface area contributed by atoms with Crippen molar-refractivity contribution in [3.8, 4) is 0 Å². The number of benzene rings is 2. The van der Waals surface area contributed by atoms with Crippen LogP contribution in [0.1, 0.15) is 18.1 Å². The molecule has 112 valence electrons. The molecule has 0 aliphatic rings. The first-order valence-corrected chi connectivity index (χ1v) is 7.65. The summed E-state index contributed by atoms with van der Waals surface area (Å²) in [6, 6.07) is 17.1. The van der Waals surface area contributed by atoms with E-state index in [1.807, 2.05) is 12.1 Å². The van der Waals surface area contributed by atoms with E-state index in [1.165, 1.54) is 16.8 Å². The summed E-state index contributed by atoms with van der Waals surface area (Å²) in [5.74, 6) is 0. The fourth-order valence-corrected chi connectivity index (χ4v) is 2.51. The quantitative estimate of drug-likeness (QED) is 0.848. The molecule has 0 heterocycles.